The van der Waals surface area contributed by atoms with E-state index in [1.807, 2.05) is 12.1 Å². The fourth-order valence-corrected chi connectivity index (χ4v) is 1.09. The Hall–Kier alpha value is -0.980. The highest BCUT2D eigenvalue weighted by molar-refractivity contribution is 5.32. The van der Waals surface area contributed by atoms with E-state index >= 15 is 0 Å². The van der Waals surface area contributed by atoms with Gasteiger partial charge in [-0.3, -0.25) is 0 Å². The summed E-state index contributed by atoms with van der Waals surface area (Å²) < 4.78 is 5.15. The van der Waals surface area contributed by atoms with Crippen molar-refractivity contribution < 1.29 is 4.74 Å². The van der Waals surface area contributed by atoms with Gasteiger partial charge in [-0.15, -0.1) is 0 Å². The largest absolute Gasteiger partial charge is 0.497 e. The van der Waals surface area contributed by atoms with Crippen molar-refractivity contribution in [1.82, 2.24) is 0 Å². The van der Waals surface area contributed by atoms with E-state index in [-0.39, 0.29) is 5.41 Å². The molecule has 1 aromatic carbocycles. The number of hydrogen-bond donors (Lipinski definition) is 0. The monoisotopic (exact) mass is 164 g/mol. The van der Waals surface area contributed by atoms with Gasteiger partial charge in [0.25, 0.3) is 0 Å². The average molecular weight is 164 g/mol. The van der Waals surface area contributed by atoms with Gasteiger partial charge in [0.1, 0.15) is 5.75 Å². The zero-order valence-corrected chi connectivity index (χ0v) is 8.22. The highest BCUT2D eigenvalue weighted by Gasteiger charge is 2.13. The molecule has 0 bridgehead atoms. The third kappa shape index (κ3) is 2.00. The first kappa shape index (κ1) is 9.11. The topological polar surface area (TPSA) is 9.23 Å². The van der Waals surface area contributed by atoms with Crippen LogP contribution in [0.25, 0.3) is 0 Å². The van der Waals surface area contributed by atoms with Gasteiger partial charge in [-0.2, -0.15) is 0 Å². The van der Waals surface area contributed by atoms with E-state index in [0.717, 1.165) is 5.75 Å². The first-order chi connectivity index (χ1) is 5.54. The Bertz CT molecular complexity index is 258. The van der Waals surface area contributed by atoms with Crippen LogP contribution in [0.2, 0.25) is 0 Å². The summed E-state index contributed by atoms with van der Waals surface area (Å²) >= 11 is 0. The van der Waals surface area contributed by atoms with Crippen LogP contribution in [0.5, 0.6) is 5.75 Å². The number of ether oxygens (including phenoxy) is 1. The number of hydrogen-bond acceptors (Lipinski definition) is 1. The van der Waals surface area contributed by atoms with Crippen LogP contribution < -0.4 is 4.74 Å². The molecule has 0 spiro atoms. The minimum absolute atomic E-state index is 0.203. The fraction of sp³-hybridized carbons (Fsp3) is 0.455. The predicted octanol–water partition coefficient (Wildman–Crippen LogP) is 2.99. The van der Waals surface area contributed by atoms with Crippen LogP contribution in [-0.4, -0.2) is 7.11 Å². The van der Waals surface area contributed by atoms with Crippen LogP contribution in [0, 0.1) is 0 Å². The standard InChI is InChI=1S/C11H16O/c1-11(2,3)9-6-5-7-10(8-9)12-4/h5-8H,1-4H3. The van der Waals surface area contributed by atoms with Crippen molar-refractivity contribution >= 4 is 0 Å². The van der Waals surface area contributed by atoms with E-state index in [9.17, 15) is 0 Å². The van der Waals surface area contributed by atoms with Crippen LogP contribution in [0.4, 0.5) is 0 Å². The second kappa shape index (κ2) is 3.18. The molecular formula is C11H16O. The molecule has 1 nitrogen and oxygen atoms in total. The first-order valence-corrected chi connectivity index (χ1v) is 4.18. The molecule has 1 rings (SSSR count). The van der Waals surface area contributed by atoms with Crippen molar-refractivity contribution in [3.05, 3.63) is 29.8 Å². The van der Waals surface area contributed by atoms with Crippen molar-refractivity contribution in [3.63, 3.8) is 0 Å². The molecule has 66 valence electrons. The summed E-state index contributed by atoms with van der Waals surface area (Å²) in [7, 11) is 1.70. The van der Waals surface area contributed by atoms with Gasteiger partial charge in [-0.1, -0.05) is 32.9 Å². The molecule has 0 aromatic heterocycles. The molecular weight excluding hydrogens is 148 g/mol. The lowest BCUT2D eigenvalue weighted by atomic mass is 9.87. The highest BCUT2D eigenvalue weighted by Crippen LogP contribution is 2.25. The summed E-state index contributed by atoms with van der Waals surface area (Å²) in [4.78, 5) is 0. The van der Waals surface area contributed by atoms with Gasteiger partial charge in [0.2, 0.25) is 0 Å². The SMILES string of the molecule is COc1cccc(C(C)(C)C)c1. The molecule has 0 saturated carbocycles. The molecule has 0 aliphatic rings. The Morgan fingerprint density at radius 3 is 2.33 bits per heavy atom. The van der Waals surface area contributed by atoms with Crippen LogP contribution >= 0.6 is 0 Å². The molecule has 12 heavy (non-hydrogen) atoms. The number of benzene rings is 1. The van der Waals surface area contributed by atoms with Crippen molar-refractivity contribution in [2.45, 2.75) is 26.2 Å². The fourth-order valence-electron chi connectivity index (χ4n) is 1.09. The van der Waals surface area contributed by atoms with Crippen molar-refractivity contribution in [1.29, 1.82) is 0 Å². The lowest BCUT2D eigenvalue weighted by Crippen LogP contribution is -2.10. The Morgan fingerprint density at radius 1 is 1.17 bits per heavy atom. The van der Waals surface area contributed by atoms with Gasteiger partial charge in [-0.05, 0) is 23.1 Å². The second-order valence-corrected chi connectivity index (χ2v) is 3.98. The van der Waals surface area contributed by atoms with Gasteiger partial charge in [0.15, 0.2) is 0 Å². The van der Waals surface area contributed by atoms with E-state index in [1.54, 1.807) is 7.11 Å². The van der Waals surface area contributed by atoms with Gasteiger partial charge >= 0.3 is 0 Å². The zero-order valence-electron chi connectivity index (χ0n) is 8.22. The third-order valence-electron chi connectivity index (χ3n) is 1.94. The van der Waals surface area contributed by atoms with Crippen LogP contribution in [0.15, 0.2) is 24.3 Å². The zero-order chi connectivity index (χ0) is 9.19. The maximum atomic E-state index is 5.15. The number of methoxy groups -OCH3 is 1. The summed E-state index contributed by atoms with van der Waals surface area (Å²) in [5, 5.41) is 0. The van der Waals surface area contributed by atoms with E-state index in [4.69, 9.17) is 4.74 Å². The molecule has 0 radical (unpaired) electrons. The van der Waals surface area contributed by atoms with Gasteiger partial charge in [0, 0.05) is 0 Å². The third-order valence-corrected chi connectivity index (χ3v) is 1.94. The van der Waals surface area contributed by atoms with Crippen LogP contribution in [0.3, 0.4) is 0 Å². The molecule has 0 aliphatic carbocycles. The Balaban J connectivity index is 3.02. The van der Waals surface area contributed by atoms with Crippen molar-refractivity contribution in [3.8, 4) is 5.75 Å². The summed E-state index contributed by atoms with van der Waals surface area (Å²) in [6, 6.07) is 8.21. The van der Waals surface area contributed by atoms with Gasteiger partial charge < -0.3 is 4.74 Å². The predicted molar refractivity (Wildman–Crippen MR) is 51.7 cm³/mol. The molecule has 0 aliphatic heterocycles. The van der Waals surface area contributed by atoms with Gasteiger partial charge in [0.05, 0.1) is 7.11 Å². The summed E-state index contributed by atoms with van der Waals surface area (Å²) in [6.45, 7) is 6.59. The summed E-state index contributed by atoms with van der Waals surface area (Å²) in [5.74, 6) is 0.933. The normalized spacial score (nSPS) is 11.3. The molecule has 0 amide bonds. The van der Waals surface area contributed by atoms with E-state index in [2.05, 4.69) is 32.9 Å². The lowest BCUT2D eigenvalue weighted by Gasteiger charge is -2.19. The maximum absolute atomic E-state index is 5.15. The van der Waals surface area contributed by atoms with E-state index in [0.29, 0.717) is 0 Å². The Morgan fingerprint density at radius 2 is 1.83 bits per heavy atom. The minimum Gasteiger partial charge on any atom is -0.497 e. The first-order valence-electron chi connectivity index (χ1n) is 4.18. The molecule has 0 fully saturated rings. The smallest absolute Gasteiger partial charge is 0.119 e. The van der Waals surface area contributed by atoms with E-state index in [1.165, 1.54) is 5.56 Å². The molecule has 0 unspecified atom stereocenters. The molecule has 1 aromatic rings. The maximum Gasteiger partial charge on any atom is 0.119 e. The second-order valence-electron chi connectivity index (χ2n) is 3.98. The quantitative estimate of drug-likeness (QED) is 0.620. The molecule has 1 heteroatoms. The molecule has 0 saturated heterocycles. The molecule has 0 N–H and O–H groups in total. The Kier molecular flexibility index (Phi) is 2.41. The summed E-state index contributed by atoms with van der Waals surface area (Å²) in [5.41, 5.74) is 1.51. The molecule has 0 atom stereocenters. The minimum atomic E-state index is 0.203. The molecule has 0 heterocycles. The van der Waals surface area contributed by atoms with E-state index < -0.39 is 0 Å². The summed E-state index contributed by atoms with van der Waals surface area (Å²) in [6.07, 6.45) is 0. The average Bonchev–Trinajstić information content (AvgIpc) is 2.03. The van der Waals surface area contributed by atoms with Crippen molar-refractivity contribution in [2.24, 2.45) is 0 Å². The Labute approximate surface area is 74.4 Å². The number of rotatable bonds is 1. The van der Waals surface area contributed by atoms with Crippen LogP contribution in [-0.2, 0) is 5.41 Å². The van der Waals surface area contributed by atoms with Crippen LogP contribution in [0.1, 0.15) is 26.3 Å². The highest BCUT2D eigenvalue weighted by atomic mass is 16.5. The lowest BCUT2D eigenvalue weighted by molar-refractivity contribution is 0.412. The van der Waals surface area contributed by atoms with Crippen molar-refractivity contribution in [2.75, 3.05) is 7.11 Å². The van der Waals surface area contributed by atoms with Gasteiger partial charge in [-0.25, -0.2) is 0 Å².